The van der Waals surface area contributed by atoms with E-state index in [1.54, 1.807) is 27.7 Å². The third-order valence-electron chi connectivity index (χ3n) is 6.23. The normalized spacial score (nSPS) is 42.5. The average Bonchev–Trinajstić information content (AvgIpc) is 2.66. The molecule has 11 atom stereocenters. The van der Waals surface area contributed by atoms with E-state index in [-0.39, 0.29) is 36.2 Å². The molecule has 11 heteroatoms. The van der Waals surface area contributed by atoms with Gasteiger partial charge in [0.05, 0.1) is 30.5 Å². The van der Waals surface area contributed by atoms with Crippen molar-refractivity contribution in [1.29, 1.82) is 0 Å². The van der Waals surface area contributed by atoms with Crippen molar-refractivity contribution < 1.29 is 49.7 Å². The summed E-state index contributed by atoms with van der Waals surface area (Å²) in [7, 11) is 0. The molecule has 0 aromatic carbocycles. The van der Waals surface area contributed by atoms with Gasteiger partial charge in [-0.15, -0.1) is 0 Å². The molecule has 0 aromatic rings. The lowest BCUT2D eigenvalue weighted by atomic mass is 9.81. The Morgan fingerprint density at radius 3 is 2.10 bits per heavy atom. The topological polar surface area (TPSA) is 186 Å². The number of carbonyl (C=O) groups is 2. The zero-order valence-electron chi connectivity index (χ0n) is 18.8. The molecule has 1 amide bonds. The highest BCUT2D eigenvalue weighted by Gasteiger charge is 2.51. The maximum Gasteiger partial charge on any atom is 0.364 e. The number of carboxylic acids is 1. The van der Waals surface area contributed by atoms with Crippen LogP contribution < -0.4 is 5.32 Å². The Labute approximate surface area is 182 Å². The van der Waals surface area contributed by atoms with Crippen LogP contribution in [0.1, 0.15) is 48.0 Å². The first-order valence-corrected chi connectivity index (χ1v) is 10.4. The molecule has 0 bridgehead atoms. The number of carboxylic acid groups (broad SMARTS) is 1. The summed E-state index contributed by atoms with van der Waals surface area (Å²) in [4.78, 5) is 21.7. The molecule has 0 radical (unpaired) electrons. The molecule has 4 unspecified atom stereocenters. The summed E-state index contributed by atoms with van der Waals surface area (Å²) in [6.45, 7) is 9.88. The molecular weight excluding hydrogens is 414 g/mol. The van der Waals surface area contributed by atoms with Gasteiger partial charge >= 0.3 is 5.97 Å². The minimum Gasteiger partial charge on any atom is -0.477 e. The number of hydrogen-bond donors (Lipinski definition) is 7. The van der Waals surface area contributed by atoms with Gasteiger partial charge in [0.25, 0.3) is 5.79 Å². The van der Waals surface area contributed by atoms with E-state index in [0.717, 1.165) is 0 Å². The molecule has 2 rings (SSSR count). The van der Waals surface area contributed by atoms with Crippen LogP contribution >= 0.6 is 0 Å². The predicted molar refractivity (Wildman–Crippen MR) is 107 cm³/mol. The number of carbonyl (C=O) groups excluding carboxylic acids is 1. The van der Waals surface area contributed by atoms with Crippen LogP contribution in [0.3, 0.4) is 0 Å². The molecule has 2 aliphatic rings. The van der Waals surface area contributed by atoms with Crippen LogP contribution in [0.4, 0.5) is 0 Å². The van der Waals surface area contributed by atoms with E-state index >= 15 is 0 Å². The predicted octanol–water partition coefficient (Wildman–Crippen LogP) is -1.21. The van der Waals surface area contributed by atoms with Crippen molar-refractivity contribution in [1.82, 2.24) is 5.32 Å². The van der Waals surface area contributed by atoms with Crippen molar-refractivity contribution in [3.63, 3.8) is 0 Å². The minimum atomic E-state index is -2.38. The molecule has 2 heterocycles. The van der Waals surface area contributed by atoms with Gasteiger partial charge in [0.15, 0.2) is 6.29 Å². The number of rotatable bonds is 4. The van der Waals surface area contributed by atoms with Crippen molar-refractivity contribution in [3.8, 4) is 0 Å². The largest absolute Gasteiger partial charge is 0.477 e. The zero-order chi connectivity index (χ0) is 24.3. The monoisotopic (exact) mass is 451 g/mol. The van der Waals surface area contributed by atoms with Crippen molar-refractivity contribution in [2.24, 2.45) is 17.8 Å². The molecule has 7 N–H and O–H groups in total. The van der Waals surface area contributed by atoms with Crippen molar-refractivity contribution in [2.45, 2.75) is 96.6 Å². The summed E-state index contributed by atoms with van der Waals surface area (Å²) in [5.41, 5.74) is 0. The van der Waals surface area contributed by atoms with Gasteiger partial charge in [0, 0.05) is 31.1 Å². The second-order valence-corrected chi connectivity index (χ2v) is 8.71. The van der Waals surface area contributed by atoms with Gasteiger partial charge < -0.3 is 45.4 Å². The van der Waals surface area contributed by atoms with Crippen LogP contribution in [-0.2, 0) is 19.1 Å². The van der Waals surface area contributed by atoms with Crippen LogP contribution in [-0.4, -0.2) is 91.2 Å². The fourth-order valence-electron chi connectivity index (χ4n) is 3.66. The quantitative estimate of drug-likeness (QED) is 0.273. The zero-order valence-corrected chi connectivity index (χ0v) is 18.8. The Kier molecular flexibility index (Phi) is 9.82. The first kappa shape index (κ1) is 27.7. The van der Waals surface area contributed by atoms with Crippen LogP contribution in [0, 0.1) is 17.8 Å². The van der Waals surface area contributed by atoms with E-state index in [4.69, 9.17) is 14.6 Å². The van der Waals surface area contributed by atoms with E-state index in [2.05, 4.69) is 5.32 Å². The number of aliphatic hydroxyl groups is 5. The third kappa shape index (κ3) is 6.82. The van der Waals surface area contributed by atoms with Crippen LogP contribution in [0.2, 0.25) is 0 Å². The molecule has 0 spiro atoms. The lowest BCUT2D eigenvalue weighted by Crippen LogP contribution is -2.59. The van der Waals surface area contributed by atoms with Crippen LogP contribution in [0.15, 0.2) is 0 Å². The molecule has 0 saturated carbocycles. The Balaban J connectivity index is 0.000000316. The lowest BCUT2D eigenvalue weighted by Gasteiger charge is -2.43. The fraction of sp³-hybridized carbons (Fsp3) is 0.900. The summed E-state index contributed by atoms with van der Waals surface area (Å²) in [6.07, 6.45) is -4.91. The lowest BCUT2D eigenvalue weighted by molar-refractivity contribution is -0.294. The van der Waals surface area contributed by atoms with Crippen LogP contribution in [0.5, 0.6) is 0 Å². The molecule has 182 valence electrons. The van der Waals surface area contributed by atoms with Gasteiger partial charge in [0.2, 0.25) is 5.91 Å². The maximum absolute atomic E-state index is 10.9. The minimum absolute atomic E-state index is 0.116. The highest BCUT2D eigenvalue weighted by Crippen LogP contribution is 2.35. The second-order valence-electron chi connectivity index (χ2n) is 8.71. The molecule has 0 aromatic heterocycles. The fourth-order valence-corrected chi connectivity index (χ4v) is 3.66. The van der Waals surface area contributed by atoms with E-state index in [1.165, 1.54) is 6.92 Å². The molecule has 0 aliphatic carbocycles. The Bertz CT molecular complexity index is 613. The average molecular weight is 452 g/mol. The van der Waals surface area contributed by atoms with Gasteiger partial charge in [-0.3, -0.25) is 4.79 Å². The van der Waals surface area contributed by atoms with E-state index in [0.29, 0.717) is 0 Å². The number of hydrogen-bond acceptors (Lipinski definition) is 9. The molecule has 31 heavy (non-hydrogen) atoms. The number of aliphatic hydroxyl groups excluding tert-OH is 4. The number of nitrogens with one attached hydrogen (secondary N) is 1. The summed E-state index contributed by atoms with van der Waals surface area (Å²) in [5, 5.41) is 59.7. The number of aliphatic carboxylic acids is 1. The van der Waals surface area contributed by atoms with Gasteiger partial charge in [-0.05, 0) is 13.8 Å². The maximum atomic E-state index is 10.9. The van der Waals surface area contributed by atoms with Gasteiger partial charge in [0.1, 0.15) is 6.04 Å². The van der Waals surface area contributed by atoms with Crippen molar-refractivity contribution in [3.05, 3.63) is 0 Å². The SMILES string of the molecule is CC(=O)NC1C(O)OC(C)[C@@H](C)[C@@H]1O.C[C@@H](O)[C@@H](C)C1O[C@](O)(C(=O)O)C[C@H](O)[C@H]1C. The first-order chi connectivity index (χ1) is 14.1. The Hall–Kier alpha value is -1.34. The van der Waals surface area contributed by atoms with Crippen molar-refractivity contribution >= 4 is 11.9 Å². The summed E-state index contributed by atoms with van der Waals surface area (Å²) >= 11 is 0. The number of amides is 1. The van der Waals surface area contributed by atoms with Gasteiger partial charge in [-0.1, -0.05) is 20.8 Å². The highest BCUT2D eigenvalue weighted by molar-refractivity contribution is 5.75. The van der Waals surface area contributed by atoms with E-state index in [1.807, 2.05) is 6.92 Å². The Morgan fingerprint density at radius 2 is 1.65 bits per heavy atom. The second kappa shape index (κ2) is 11.0. The third-order valence-corrected chi connectivity index (χ3v) is 6.23. The standard InChI is InChI=1S/C11H20O6.C9H17NO4/c1-5(7(3)12)9-6(2)8(13)4-11(16,17-9)10(14)15;1-4-5(2)14-9(13)7(8(4)12)10-6(3)11/h5-9,12-13,16H,4H2,1-3H3,(H,14,15);4-5,7-9,12-13H,1-3H3,(H,10,11)/t5-,6-,7-,8+,9?,11+;4-,5?,7?,8+,9?/m11/s1. The van der Waals surface area contributed by atoms with Gasteiger partial charge in [-0.25, -0.2) is 4.79 Å². The number of ether oxygens (including phenoxy) is 2. The summed E-state index contributed by atoms with van der Waals surface area (Å²) in [5.74, 6) is -5.04. The van der Waals surface area contributed by atoms with Crippen molar-refractivity contribution in [2.75, 3.05) is 0 Å². The van der Waals surface area contributed by atoms with Gasteiger partial charge in [-0.2, -0.15) is 0 Å². The first-order valence-electron chi connectivity index (χ1n) is 10.4. The van der Waals surface area contributed by atoms with E-state index in [9.17, 15) is 35.1 Å². The summed E-state index contributed by atoms with van der Waals surface area (Å²) in [6, 6.07) is -0.737. The molecule has 2 aliphatic heterocycles. The Morgan fingerprint density at radius 1 is 1.10 bits per heavy atom. The molecular formula is C20H37NO10. The highest BCUT2D eigenvalue weighted by atomic mass is 16.7. The smallest absolute Gasteiger partial charge is 0.364 e. The summed E-state index contributed by atoms with van der Waals surface area (Å²) < 4.78 is 10.3. The molecule has 2 saturated heterocycles. The molecule has 2 fully saturated rings. The van der Waals surface area contributed by atoms with Crippen LogP contribution in [0.25, 0.3) is 0 Å². The molecule has 11 nitrogen and oxygen atoms in total. The van der Waals surface area contributed by atoms with E-state index < -0.39 is 48.5 Å².